The maximum Gasteiger partial charge on any atom is 0.290 e. The Hall–Kier alpha value is -1.40. The van der Waals surface area contributed by atoms with Gasteiger partial charge in [0.2, 0.25) is 5.76 Å². The van der Waals surface area contributed by atoms with E-state index in [1.165, 1.54) is 12.8 Å². The lowest BCUT2D eigenvalue weighted by Crippen LogP contribution is -2.45. The van der Waals surface area contributed by atoms with Crippen LogP contribution in [-0.2, 0) is 12.8 Å². The van der Waals surface area contributed by atoms with Gasteiger partial charge < -0.3 is 14.9 Å². The number of piperidine rings is 1. The van der Waals surface area contributed by atoms with Gasteiger partial charge in [0.25, 0.3) is 5.91 Å². The second kappa shape index (κ2) is 7.24. The first-order valence-electron chi connectivity index (χ1n) is 8.40. The van der Waals surface area contributed by atoms with E-state index in [4.69, 9.17) is 4.52 Å². The number of aryl methyl sites for hydroxylation is 1. The highest BCUT2D eigenvalue weighted by molar-refractivity contribution is 5.93. The number of rotatable bonds is 5. The molecule has 0 saturated carbocycles. The third-order valence-corrected chi connectivity index (χ3v) is 4.81. The summed E-state index contributed by atoms with van der Waals surface area (Å²) in [6.07, 6.45) is 7.41. The van der Waals surface area contributed by atoms with Crippen LogP contribution in [0.2, 0.25) is 0 Å². The molecule has 0 unspecified atom stereocenters. The van der Waals surface area contributed by atoms with E-state index in [0.717, 1.165) is 56.5 Å². The molecular formula is C16H25N3O3. The Morgan fingerprint density at radius 2 is 2.18 bits per heavy atom. The predicted octanol–water partition coefficient (Wildman–Crippen LogP) is 1.13. The minimum Gasteiger partial charge on any atom is -0.395 e. The van der Waals surface area contributed by atoms with Crippen LogP contribution in [0.25, 0.3) is 0 Å². The first kappa shape index (κ1) is 15.5. The molecule has 6 heteroatoms. The molecule has 1 atom stereocenters. The Morgan fingerprint density at radius 3 is 3.05 bits per heavy atom. The molecule has 2 aliphatic rings. The Kier molecular flexibility index (Phi) is 5.10. The Balaban J connectivity index is 1.51. The number of hydrogen-bond acceptors (Lipinski definition) is 5. The minimum absolute atomic E-state index is 0.159. The Labute approximate surface area is 130 Å². The lowest BCUT2D eigenvalue weighted by atomic mass is 9.96. The van der Waals surface area contributed by atoms with Gasteiger partial charge in [-0.05, 0) is 45.1 Å². The molecule has 1 aliphatic carbocycles. The molecule has 6 nitrogen and oxygen atoms in total. The Bertz CT molecular complexity index is 515. The van der Waals surface area contributed by atoms with Crippen LogP contribution >= 0.6 is 0 Å². The van der Waals surface area contributed by atoms with E-state index >= 15 is 0 Å². The van der Waals surface area contributed by atoms with Crippen LogP contribution in [0.4, 0.5) is 0 Å². The molecule has 1 aromatic heterocycles. The number of nitrogens with zero attached hydrogens (tertiary/aromatic N) is 2. The first-order valence-corrected chi connectivity index (χ1v) is 8.40. The van der Waals surface area contributed by atoms with Crippen LogP contribution in [0.3, 0.4) is 0 Å². The van der Waals surface area contributed by atoms with Crippen molar-refractivity contribution < 1.29 is 14.4 Å². The third kappa shape index (κ3) is 3.33. The van der Waals surface area contributed by atoms with E-state index in [1.807, 2.05) is 0 Å². The number of aliphatic hydroxyl groups excluding tert-OH is 1. The molecule has 1 aromatic rings. The van der Waals surface area contributed by atoms with Gasteiger partial charge in [0.1, 0.15) is 0 Å². The summed E-state index contributed by atoms with van der Waals surface area (Å²) >= 11 is 0. The van der Waals surface area contributed by atoms with Crippen molar-refractivity contribution in [3.05, 3.63) is 17.0 Å². The second-order valence-corrected chi connectivity index (χ2v) is 6.27. The van der Waals surface area contributed by atoms with Crippen molar-refractivity contribution in [1.29, 1.82) is 0 Å². The standard InChI is InChI=1S/C16H25N3O3/c20-11-12-5-3-4-9-19(12)10-8-17-16(21)15-13-6-1-2-7-14(13)18-22-15/h12,20H,1-11H2,(H,17,21)/t12-/m1/s1. The van der Waals surface area contributed by atoms with Crippen LogP contribution in [-0.4, -0.2) is 53.4 Å². The number of carbonyl (C=O) groups is 1. The van der Waals surface area contributed by atoms with Crippen molar-refractivity contribution in [3.63, 3.8) is 0 Å². The van der Waals surface area contributed by atoms with E-state index in [2.05, 4.69) is 15.4 Å². The van der Waals surface area contributed by atoms with Crippen molar-refractivity contribution in [1.82, 2.24) is 15.4 Å². The highest BCUT2D eigenvalue weighted by Crippen LogP contribution is 2.23. The number of nitrogens with one attached hydrogen (secondary N) is 1. The number of aromatic nitrogens is 1. The normalized spacial score (nSPS) is 22.3. The summed E-state index contributed by atoms with van der Waals surface area (Å²) in [7, 11) is 0. The fraction of sp³-hybridized carbons (Fsp3) is 0.750. The molecule has 2 heterocycles. The maximum atomic E-state index is 12.3. The monoisotopic (exact) mass is 307 g/mol. The zero-order chi connectivity index (χ0) is 15.4. The van der Waals surface area contributed by atoms with Crippen LogP contribution in [0.5, 0.6) is 0 Å². The largest absolute Gasteiger partial charge is 0.395 e. The molecule has 1 saturated heterocycles. The number of hydrogen-bond donors (Lipinski definition) is 2. The predicted molar refractivity (Wildman–Crippen MR) is 81.8 cm³/mol. The minimum atomic E-state index is -0.159. The smallest absolute Gasteiger partial charge is 0.290 e. The molecule has 1 amide bonds. The molecule has 0 spiro atoms. The molecule has 1 aliphatic heterocycles. The van der Waals surface area contributed by atoms with Gasteiger partial charge in [-0.2, -0.15) is 0 Å². The van der Waals surface area contributed by atoms with E-state index in [-0.39, 0.29) is 18.6 Å². The summed E-state index contributed by atoms with van der Waals surface area (Å²) in [6, 6.07) is 0.240. The van der Waals surface area contributed by atoms with Gasteiger partial charge >= 0.3 is 0 Å². The van der Waals surface area contributed by atoms with Crippen LogP contribution < -0.4 is 5.32 Å². The molecule has 2 N–H and O–H groups in total. The molecule has 122 valence electrons. The SMILES string of the molecule is O=C(NCCN1CCCC[C@@H]1CO)c1onc2c1CCCC2. The zero-order valence-corrected chi connectivity index (χ0v) is 13.0. The molecule has 22 heavy (non-hydrogen) atoms. The molecular weight excluding hydrogens is 282 g/mol. The summed E-state index contributed by atoms with van der Waals surface area (Å²) in [5, 5.41) is 16.4. The van der Waals surface area contributed by atoms with E-state index in [0.29, 0.717) is 12.3 Å². The van der Waals surface area contributed by atoms with Crippen LogP contribution in [0.15, 0.2) is 4.52 Å². The average molecular weight is 307 g/mol. The van der Waals surface area contributed by atoms with Gasteiger partial charge in [-0.1, -0.05) is 11.6 Å². The van der Waals surface area contributed by atoms with Gasteiger partial charge in [-0.25, -0.2) is 0 Å². The Morgan fingerprint density at radius 1 is 1.32 bits per heavy atom. The van der Waals surface area contributed by atoms with E-state index < -0.39 is 0 Å². The highest BCUT2D eigenvalue weighted by atomic mass is 16.5. The van der Waals surface area contributed by atoms with Crippen LogP contribution in [0, 0.1) is 0 Å². The number of carbonyl (C=O) groups excluding carboxylic acids is 1. The summed E-state index contributed by atoms with van der Waals surface area (Å²) in [5.41, 5.74) is 1.95. The topological polar surface area (TPSA) is 78.6 Å². The van der Waals surface area contributed by atoms with Gasteiger partial charge in [0, 0.05) is 24.7 Å². The summed E-state index contributed by atoms with van der Waals surface area (Å²) in [5.74, 6) is 0.236. The van der Waals surface area contributed by atoms with Gasteiger partial charge in [-0.3, -0.25) is 9.69 Å². The summed E-state index contributed by atoms with van der Waals surface area (Å²) in [6.45, 7) is 2.54. The summed E-state index contributed by atoms with van der Waals surface area (Å²) in [4.78, 5) is 14.5. The highest BCUT2D eigenvalue weighted by Gasteiger charge is 2.25. The van der Waals surface area contributed by atoms with Crippen LogP contribution in [0.1, 0.15) is 53.9 Å². The molecule has 0 radical (unpaired) electrons. The number of aliphatic hydroxyl groups is 1. The van der Waals surface area contributed by atoms with Crippen molar-refractivity contribution in [2.75, 3.05) is 26.2 Å². The molecule has 1 fully saturated rings. The number of amides is 1. The number of likely N-dealkylation sites (tertiary alicyclic amines) is 1. The first-order chi connectivity index (χ1) is 10.8. The molecule has 0 bridgehead atoms. The lowest BCUT2D eigenvalue weighted by molar-refractivity contribution is 0.0830. The van der Waals surface area contributed by atoms with E-state index in [1.54, 1.807) is 0 Å². The van der Waals surface area contributed by atoms with Gasteiger partial charge in [0.05, 0.1) is 12.3 Å². The van der Waals surface area contributed by atoms with Crippen molar-refractivity contribution >= 4 is 5.91 Å². The zero-order valence-electron chi connectivity index (χ0n) is 13.0. The quantitative estimate of drug-likeness (QED) is 0.852. The number of fused-ring (bicyclic) bond motifs is 1. The van der Waals surface area contributed by atoms with Crippen molar-refractivity contribution in [2.45, 2.75) is 51.0 Å². The maximum absolute atomic E-state index is 12.3. The molecule has 0 aromatic carbocycles. The fourth-order valence-corrected chi connectivity index (χ4v) is 3.52. The van der Waals surface area contributed by atoms with Gasteiger partial charge in [-0.15, -0.1) is 0 Å². The van der Waals surface area contributed by atoms with Crippen molar-refractivity contribution in [3.8, 4) is 0 Å². The average Bonchev–Trinajstić information content (AvgIpc) is 2.99. The molecule has 3 rings (SSSR count). The fourth-order valence-electron chi connectivity index (χ4n) is 3.52. The van der Waals surface area contributed by atoms with Gasteiger partial charge in [0.15, 0.2) is 0 Å². The van der Waals surface area contributed by atoms with Crippen molar-refractivity contribution in [2.24, 2.45) is 0 Å². The second-order valence-electron chi connectivity index (χ2n) is 6.27. The van der Waals surface area contributed by atoms with E-state index in [9.17, 15) is 9.90 Å². The lowest BCUT2D eigenvalue weighted by Gasteiger charge is -2.34. The third-order valence-electron chi connectivity index (χ3n) is 4.81. The summed E-state index contributed by atoms with van der Waals surface area (Å²) < 4.78 is 5.25.